The van der Waals surface area contributed by atoms with Crippen LogP contribution in [0.4, 0.5) is 5.69 Å². The number of morpholine rings is 1. The van der Waals surface area contributed by atoms with Crippen LogP contribution in [0.1, 0.15) is 33.9 Å². The first-order valence-corrected chi connectivity index (χ1v) is 10.3. The van der Waals surface area contributed by atoms with Gasteiger partial charge < -0.3 is 15.0 Å². The number of thiophene rings is 1. The topological polar surface area (TPSA) is 61.9 Å². The first kappa shape index (κ1) is 20.5. The number of carbonyl (C=O) groups excluding carboxylic acids is 2. The lowest BCUT2D eigenvalue weighted by Crippen LogP contribution is -2.55. The number of para-hydroxylation sites is 1. The normalized spacial score (nSPS) is 15.2. The Balaban J connectivity index is 1.71. The molecule has 1 saturated heterocycles. The van der Waals surface area contributed by atoms with E-state index >= 15 is 0 Å². The molecule has 6 nitrogen and oxygen atoms in total. The summed E-state index contributed by atoms with van der Waals surface area (Å²) >= 11 is 1.39. The van der Waals surface area contributed by atoms with Crippen molar-refractivity contribution in [2.45, 2.75) is 19.4 Å². The molecular weight excluding hydrogens is 374 g/mol. The van der Waals surface area contributed by atoms with E-state index in [0.717, 1.165) is 26.3 Å². The van der Waals surface area contributed by atoms with Crippen molar-refractivity contribution in [1.82, 2.24) is 10.2 Å². The molecule has 1 aromatic carbocycles. The molecule has 0 spiro atoms. The van der Waals surface area contributed by atoms with Crippen LogP contribution < -0.4 is 10.2 Å². The van der Waals surface area contributed by atoms with Crippen LogP contribution in [0.15, 0.2) is 41.8 Å². The summed E-state index contributed by atoms with van der Waals surface area (Å²) < 4.78 is 5.42. The van der Waals surface area contributed by atoms with E-state index in [0.29, 0.717) is 22.7 Å². The zero-order chi connectivity index (χ0) is 20.1. The Hall–Kier alpha value is -2.22. The number of hydrogen-bond acceptors (Lipinski definition) is 5. The summed E-state index contributed by atoms with van der Waals surface area (Å²) in [6.45, 7) is 7.91. The number of nitrogens with zero attached hydrogens (tertiary/aromatic N) is 2. The fraction of sp³-hybridized carbons (Fsp3) is 0.429. The van der Waals surface area contributed by atoms with Gasteiger partial charge in [0.05, 0.1) is 29.3 Å². The van der Waals surface area contributed by atoms with Gasteiger partial charge >= 0.3 is 0 Å². The van der Waals surface area contributed by atoms with Crippen LogP contribution in [0, 0.1) is 0 Å². The van der Waals surface area contributed by atoms with Gasteiger partial charge in [-0.2, -0.15) is 0 Å². The zero-order valence-electron chi connectivity index (χ0n) is 16.6. The average Bonchev–Trinajstić information content (AvgIpc) is 3.26. The quantitative estimate of drug-likeness (QED) is 0.809. The predicted octanol–water partition coefficient (Wildman–Crippen LogP) is 2.87. The highest BCUT2D eigenvalue weighted by molar-refractivity contribution is 7.12. The molecule has 1 fully saturated rings. The summed E-state index contributed by atoms with van der Waals surface area (Å²) in [5, 5.41) is 4.92. The van der Waals surface area contributed by atoms with Gasteiger partial charge in [0.2, 0.25) is 0 Å². The van der Waals surface area contributed by atoms with Crippen molar-refractivity contribution in [2.75, 3.05) is 44.8 Å². The maximum Gasteiger partial charge on any atom is 0.268 e. The molecular formula is C21H27N3O3S. The standard InChI is InChI=1S/C21H27N3O3S/c1-21(2,24-10-12-27-13-11-24)15-22-19(25)16-7-4-5-8-17(16)23(3)20(26)18-9-6-14-28-18/h4-9,14H,10-13,15H2,1-3H3,(H,22,25). The number of ether oxygens (including phenoxy) is 1. The summed E-state index contributed by atoms with van der Waals surface area (Å²) in [5.74, 6) is -0.299. The highest BCUT2D eigenvalue weighted by atomic mass is 32.1. The number of anilines is 1. The second-order valence-electron chi connectivity index (χ2n) is 7.45. The Morgan fingerprint density at radius 2 is 1.89 bits per heavy atom. The molecule has 3 rings (SSSR count). The fourth-order valence-electron chi connectivity index (χ4n) is 3.31. The lowest BCUT2D eigenvalue weighted by molar-refractivity contribution is -0.00923. The van der Waals surface area contributed by atoms with Gasteiger partial charge in [0.15, 0.2) is 0 Å². The van der Waals surface area contributed by atoms with Gasteiger partial charge in [-0.1, -0.05) is 18.2 Å². The summed E-state index contributed by atoms with van der Waals surface area (Å²) in [6.07, 6.45) is 0. The smallest absolute Gasteiger partial charge is 0.268 e. The maximum atomic E-state index is 12.9. The van der Waals surface area contributed by atoms with E-state index in [1.165, 1.54) is 16.2 Å². The van der Waals surface area contributed by atoms with Gasteiger partial charge in [0.25, 0.3) is 11.8 Å². The SMILES string of the molecule is CN(C(=O)c1cccs1)c1ccccc1C(=O)NCC(C)(C)N1CCOCC1. The van der Waals surface area contributed by atoms with E-state index in [1.807, 2.05) is 23.6 Å². The Morgan fingerprint density at radius 1 is 1.18 bits per heavy atom. The molecule has 7 heteroatoms. The van der Waals surface area contributed by atoms with Crippen LogP contribution in [-0.2, 0) is 4.74 Å². The van der Waals surface area contributed by atoms with Crippen molar-refractivity contribution in [3.8, 4) is 0 Å². The van der Waals surface area contributed by atoms with Crippen LogP contribution in [0.5, 0.6) is 0 Å². The first-order valence-electron chi connectivity index (χ1n) is 9.42. The second-order valence-corrected chi connectivity index (χ2v) is 8.40. The molecule has 0 radical (unpaired) electrons. The van der Waals surface area contributed by atoms with Crippen LogP contribution >= 0.6 is 11.3 Å². The van der Waals surface area contributed by atoms with Gasteiger partial charge in [-0.05, 0) is 37.4 Å². The fourth-order valence-corrected chi connectivity index (χ4v) is 4.00. The van der Waals surface area contributed by atoms with Crippen molar-refractivity contribution in [3.05, 3.63) is 52.2 Å². The third-order valence-electron chi connectivity index (χ3n) is 5.10. The largest absolute Gasteiger partial charge is 0.379 e. The molecule has 0 atom stereocenters. The van der Waals surface area contributed by atoms with Crippen LogP contribution in [0.3, 0.4) is 0 Å². The van der Waals surface area contributed by atoms with Gasteiger partial charge in [0.1, 0.15) is 0 Å². The van der Waals surface area contributed by atoms with Crippen molar-refractivity contribution in [2.24, 2.45) is 0 Å². The molecule has 2 heterocycles. The third-order valence-corrected chi connectivity index (χ3v) is 5.95. The number of amides is 2. The summed E-state index contributed by atoms with van der Waals surface area (Å²) in [4.78, 5) is 30.1. The molecule has 0 unspecified atom stereocenters. The van der Waals surface area contributed by atoms with Gasteiger partial charge in [0, 0.05) is 32.2 Å². The third kappa shape index (κ3) is 4.60. The zero-order valence-corrected chi connectivity index (χ0v) is 17.4. The number of nitrogens with one attached hydrogen (secondary N) is 1. The summed E-state index contributed by atoms with van der Waals surface area (Å²) in [6, 6.07) is 10.8. The van der Waals surface area contributed by atoms with E-state index in [-0.39, 0.29) is 17.4 Å². The summed E-state index contributed by atoms with van der Waals surface area (Å²) in [7, 11) is 1.70. The van der Waals surface area contributed by atoms with E-state index < -0.39 is 0 Å². The minimum Gasteiger partial charge on any atom is -0.379 e. The molecule has 0 saturated carbocycles. The highest BCUT2D eigenvalue weighted by Gasteiger charge is 2.29. The maximum absolute atomic E-state index is 12.9. The number of benzene rings is 1. The monoisotopic (exact) mass is 401 g/mol. The van der Waals surface area contributed by atoms with Gasteiger partial charge in [-0.25, -0.2) is 0 Å². The van der Waals surface area contributed by atoms with Crippen LogP contribution in [0.25, 0.3) is 0 Å². The van der Waals surface area contributed by atoms with E-state index in [2.05, 4.69) is 24.1 Å². The lowest BCUT2D eigenvalue weighted by atomic mass is 10.0. The molecule has 1 aliphatic rings. The van der Waals surface area contributed by atoms with Crippen LogP contribution in [0.2, 0.25) is 0 Å². The second kappa shape index (κ2) is 8.86. The number of rotatable bonds is 6. The summed E-state index contributed by atoms with van der Waals surface area (Å²) in [5.41, 5.74) is 0.919. The van der Waals surface area contributed by atoms with E-state index in [4.69, 9.17) is 4.74 Å². The lowest BCUT2D eigenvalue weighted by Gasteiger charge is -2.40. The molecule has 1 N–H and O–H groups in total. The average molecular weight is 402 g/mol. The van der Waals surface area contributed by atoms with Gasteiger partial charge in [-0.15, -0.1) is 11.3 Å². The Bertz CT molecular complexity index is 814. The van der Waals surface area contributed by atoms with Crippen molar-refractivity contribution < 1.29 is 14.3 Å². The molecule has 150 valence electrons. The molecule has 2 aromatic rings. The molecule has 28 heavy (non-hydrogen) atoms. The minimum atomic E-state index is -0.178. The van der Waals surface area contributed by atoms with Crippen molar-refractivity contribution >= 4 is 28.8 Å². The Labute approximate surface area is 170 Å². The Morgan fingerprint density at radius 3 is 2.57 bits per heavy atom. The van der Waals surface area contributed by atoms with Gasteiger partial charge in [-0.3, -0.25) is 14.5 Å². The highest BCUT2D eigenvalue weighted by Crippen LogP contribution is 2.23. The minimum absolute atomic E-state index is 0.121. The van der Waals surface area contributed by atoms with E-state index in [1.54, 1.807) is 25.2 Å². The van der Waals surface area contributed by atoms with Crippen LogP contribution in [-0.4, -0.2) is 62.1 Å². The molecule has 0 aliphatic carbocycles. The van der Waals surface area contributed by atoms with E-state index in [9.17, 15) is 9.59 Å². The molecule has 1 aliphatic heterocycles. The molecule has 0 bridgehead atoms. The Kier molecular flexibility index (Phi) is 6.49. The first-order chi connectivity index (χ1) is 13.4. The number of hydrogen-bond donors (Lipinski definition) is 1. The number of carbonyl (C=O) groups is 2. The van der Waals surface area contributed by atoms with Crippen molar-refractivity contribution in [3.63, 3.8) is 0 Å². The van der Waals surface area contributed by atoms with Crippen molar-refractivity contribution in [1.29, 1.82) is 0 Å². The predicted molar refractivity (Wildman–Crippen MR) is 112 cm³/mol. The molecule has 2 amide bonds. The molecule has 1 aromatic heterocycles.